The lowest BCUT2D eigenvalue weighted by atomic mass is 9.96. The second-order valence-corrected chi connectivity index (χ2v) is 5.95. The van der Waals surface area contributed by atoms with Gasteiger partial charge in [0.1, 0.15) is 0 Å². The number of rotatable bonds is 5. The summed E-state index contributed by atoms with van der Waals surface area (Å²) in [6.45, 7) is 10.4. The van der Waals surface area contributed by atoms with E-state index in [-0.39, 0.29) is 12.1 Å². The average Bonchev–Trinajstić information content (AvgIpc) is 2.43. The fraction of sp³-hybridized carbons (Fsp3) is 0.647. The van der Waals surface area contributed by atoms with Gasteiger partial charge in [0.25, 0.3) is 0 Å². The van der Waals surface area contributed by atoms with Gasteiger partial charge >= 0.3 is 0 Å². The molecule has 1 saturated heterocycles. The van der Waals surface area contributed by atoms with Crippen LogP contribution in [0, 0.1) is 13.8 Å². The van der Waals surface area contributed by atoms with E-state index < -0.39 is 0 Å². The third kappa shape index (κ3) is 3.81. The first-order chi connectivity index (χ1) is 9.61. The zero-order chi connectivity index (χ0) is 14.5. The molecule has 1 aromatic carbocycles. The lowest BCUT2D eigenvalue weighted by Gasteiger charge is -2.36. The van der Waals surface area contributed by atoms with Crippen LogP contribution in [0.5, 0.6) is 0 Å². The third-order valence-corrected chi connectivity index (χ3v) is 4.17. The van der Waals surface area contributed by atoms with Crippen LogP contribution in [-0.4, -0.2) is 44.3 Å². The highest BCUT2D eigenvalue weighted by molar-refractivity contribution is 5.32. The van der Waals surface area contributed by atoms with Crippen LogP contribution in [0.3, 0.4) is 0 Å². The molecule has 3 nitrogen and oxygen atoms in total. The molecular weight excluding hydrogens is 248 g/mol. The van der Waals surface area contributed by atoms with Gasteiger partial charge < -0.3 is 15.0 Å². The predicted octanol–water partition coefficient (Wildman–Crippen LogP) is 2.67. The zero-order valence-electron chi connectivity index (χ0n) is 13.3. The van der Waals surface area contributed by atoms with Gasteiger partial charge in [-0.25, -0.2) is 0 Å². The number of aryl methyl sites for hydroxylation is 2. The lowest BCUT2D eigenvalue weighted by Crippen LogP contribution is -2.46. The molecule has 0 radical (unpaired) electrons. The number of hydrogen-bond donors (Lipinski definition) is 1. The fourth-order valence-electron chi connectivity index (χ4n) is 2.73. The minimum absolute atomic E-state index is 0.238. The summed E-state index contributed by atoms with van der Waals surface area (Å²) < 4.78 is 6.03. The molecule has 1 N–H and O–H groups in total. The Balaban J connectivity index is 2.19. The first-order valence-electron chi connectivity index (χ1n) is 7.72. The molecule has 0 aromatic heterocycles. The van der Waals surface area contributed by atoms with E-state index in [2.05, 4.69) is 56.2 Å². The van der Waals surface area contributed by atoms with Gasteiger partial charge in [0, 0.05) is 13.1 Å². The third-order valence-electron chi connectivity index (χ3n) is 4.17. The molecule has 20 heavy (non-hydrogen) atoms. The summed E-state index contributed by atoms with van der Waals surface area (Å²) in [6.07, 6.45) is 1.38. The molecule has 3 heteroatoms. The Hall–Kier alpha value is -0.900. The molecule has 1 aliphatic rings. The van der Waals surface area contributed by atoms with Crippen LogP contribution in [0.15, 0.2) is 18.2 Å². The van der Waals surface area contributed by atoms with Crippen molar-refractivity contribution in [2.45, 2.75) is 39.3 Å². The number of nitrogens with zero attached hydrogens (tertiary/aromatic N) is 1. The van der Waals surface area contributed by atoms with Crippen LogP contribution in [0.25, 0.3) is 0 Å². The molecular formula is C17H28N2O. The first kappa shape index (κ1) is 15.5. The van der Waals surface area contributed by atoms with Gasteiger partial charge in [0.05, 0.1) is 18.8 Å². The molecule has 2 unspecified atom stereocenters. The number of likely N-dealkylation sites (N-methyl/N-ethyl adjacent to an activating group) is 1. The quantitative estimate of drug-likeness (QED) is 0.895. The van der Waals surface area contributed by atoms with Gasteiger partial charge in [0.15, 0.2) is 0 Å². The fourth-order valence-corrected chi connectivity index (χ4v) is 2.73. The van der Waals surface area contributed by atoms with Crippen LogP contribution in [0.1, 0.15) is 36.1 Å². The van der Waals surface area contributed by atoms with Crippen molar-refractivity contribution >= 4 is 0 Å². The van der Waals surface area contributed by atoms with Crippen LogP contribution in [0.4, 0.5) is 0 Å². The second kappa shape index (κ2) is 7.21. The van der Waals surface area contributed by atoms with Crippen LogP contribution in [0.2, 0.25) is 0 Å². The molecule has 0 spiro atoms. The summed E-state index contributed by atoms with van der Waals surface area (Å²) in [4.78, 5) is 2.36. The maximum Gasteiger partial charge on any atom is 0.0896 e. The van der Waals surface area contributed by atoms with Gasteiger partial charge in [-0.15, -0.1) is 0 Å². The van der Waals surface area contributed by atoms with Crippen molar-refractivity contribution in [3.05, 3.63) is 34.9 Å². The van der Waals surface area contributed by atoms with Crippen molar-refractivity contribution in [2.24, 2.45) is 0 Å². The summed E-state index contributed by atoms with van der Waals surface area (Å²) in [5.74, 6) is 0. The molecule has 1 fully saturated rings. The van der Waals surface area contributed by atoms with Gasteiger partial charge in [0.2, 0.25) is 0 Å². The summed E-state index contributed by atoms with van der Waals surface area (Å²) in [5, 5.41) is 3.67. The highest BCUT2D eigenvalue weighted by Gasteiger charge is 2.27. The molecule has 1 heterocycles. The Morgan fingerprint density at radius 2 is 2.15 bits per heavy atom. The average molecular weight is 276 g/mol. The maximum atomic E-state index is 6.03. The van der Waals surface area contributed by atoms with Gasteiger partial charge in [-0.3, -0.25) is 0 Å². The molecule has 0 aliphatic carbocycles. The minimum atomic E-state index is 0.238. The van der Waals surface area contributed by atoms with Crippen molar-refractivity contribution in [1.29, 1.82) is 0 Å². The number of benzene rings is 1. The van der Waals surface area contributed by atoms with Gasteiger partial charge in [-0.05, 0) is 50.6 Å². The van der Waals surface area contributed by atoms with Crippen LogP contribution < -0.4 is 5.32 Å². The Bertz CT molecular complexity index is 433. The highest BCUT2D eigenvalue weighted by atomic mass is 16.5. The number of ether oxygens (including phenoxy) is 1. The molecule has 2 rings (SSSR count). The van der Waals surface area contributed by atoms with Crippen molar-refractivity contribution in [2.75, 3.05) is 33.3 Å². The van der Waals surface area contributed by atoms with Crippen molar-refractivity contribution in [3.63, 3.8) is 0 Å². The van der Waals surface area contributed by atoms with Crippen LogP contribution in [-0.2, 0) is 4.74 Å². The van der Waals surface area contributed by atoms with Crippen molar-refractivity contribution < 1.29 is 4.74 Å². The summed E-state index contributed by atoms with van der Waals surface area (Å²) >= 11 is 0. The summed E-state index contributed by atoms with van der Waals surface area (Å²) in [6, 6.07) is 7.06. The van der Waals surface area contributed by atoms with E-state index in [4.69, 9.17) is 4.74 Å². The number of hydrogen-bond acceptors (Lipinski definition) is 3. The smallest absolute Gasteiger partial charge is 0.0896 e. The highest BCUT2D eigenvalue weighted by Crippen LogP contribution is 2.24. The summed E-state index contributed by atoms with van der Waals surface area (Å²) in [7, 11) is 2.17. The monoisotopic (exact) mass is 276 g/mol. The molecule has 0 amide bonds. The van der Waals surface area contributed by atoms with E-state index in [0.717, 1.165) is 32.7 Å². The second-order valence-electron chi connectivity index (χ2n) is 5.95. The van der Waals surface area contributed by atoms with E-state index >= 15 is 0 Å². The molecule has 0 saturated carbocycles. The van der Waals surface area contributed by atoms with E-state index in [1.165, 1.54) is 16.7 Å². The van der Waals surface area contributed by atoms with Crippen molar-refractivity contribution in [1.82, 2.24) is 10.2 Å². The minimum Gasteiger partial charge on any atom is -0.374 e. The first-order valence-corrected chi connectivity index (χ1v) is 7.72. The standard InChI is InChI=1S/C17H28N2O/c1-5-8-18-17(16-12-19(4)9-10-20-16)15-7-6-13(2)14(3)11-15/h6-7,11,16-18H,5,8-10,12H2,1-4H3. The maximum absolute atomic E-state index is 6.03. The molecule has 2 atom stereocenters. The molecule has 0 bridgehead atoms. The SMILES string of the molecule is CCCNC(c1ccc(C)c(C)c1)C1CN(C)CCO1. The van der Waals surface area contributed by atoms with E-state index in [9.17, 15) is 0 Å². The lowest BCUT2D eigenvalue weighted by molar-refractivity contribution is -0.0392. The number of morpholine rings is 1. The Labute approximate surface area is 123 Å². The largest absolute Gasteiger partial charge is 0.374 e. The van der Waals surface area contributed by atoms with Crippen molar-refractivity contribution in [3.8, 4) is 0 Å². The predicted molar refractivity (Wildman–Crippen MR) is 84.2 cm³/mol. The molecule has 1 aliphatic heterocycles. The Morgan fingerprint density at radius 1 is 1.35 bits per heavy atom. The molecule has 112 valence electrons. The number of nitrogens with one attached hydrogen (secondary N) is 1. The van der Waals surface area contributed by atoms with Gasteiger partial charge in [-0.1, -0.05) is 25.1 Å². The van der Waals surface area contributed by atoms with E-state index in [1.54, 1.807) is 0 Å². The Morgan fingerprint density at radius 3 is 2.80 bits per heavy atom. The Kier molecular flexibility index (Phi) is 5.58. The van der Waals surface area contributed by atoms with E-state index in [1.807, 2.05) is 0 Å². The summed E-state index contributed by atoms with van der Waals surface area (Å²) in [5.41, 5.74) is 4.06. The topological polar surface area (TPSA) is 24.5 Å². The van der Waals surface area contributed by atoms with Gasteiger partial charge in [-0.2, -0.15) is 0 Å². The normalized spacial score (nSPS) is 21.9. The van der Waals surface area contributed by atoms with E-state index in [0.29, 0.717) is 0 Å². The van der Waals surface area contributed by atoms with Crippen LogP contribution >= 0.6 is 0 Å². The molecule has 1 aromatic rings. The zero-order valence-corrected chi connectivity index (χ0v) is 13.3.